The lowest BCUT2D eigenvalue weighted by atomic mass is 9.78. The molecule has 1 aromatic heterocycles. The predicted octanol–water partition coefficient (Wildman–Crippen LogP) is 0.984. The van der Waals surface area contributed by atoms with E-state index in [0.29, 0.717) is 30.0 Å². The Labute approximate surface area is 154 Å². The van der Waals surface area contributed by atoms with Crippen LogP contribution in [0, 0.1) is 5.92 Å². The molecule has 0 aromatic carbocycles. The van der Waals surface area contributed by atoms with Gasteiger partial charge in [0, 0.05) is 31.9 Å². The zero-order chi connectivity index (χ0) is 19.3. The van der Waals surface area contributed by atoms with E-state index in [9.17, 15) is 9.90 Å². The van der Waals surface area contributed by atoms with Crippen molar-refractivity contribution in [2.24, 2.45) is 5.92 Å². The molecule has 1 N–H and O–H groups in total. The molecular weight excluding hydrogens is 335 g/mol. The maximum absolute atomic E-state index is 12.9. The van der Waals surface area contributed by atoms with Crippen molar-refractivity contribution in [3.8, 4) is 0 Å². The molecule has 8 heteroatoms. The van der Waals surface area contributed by atoms with Gasteiger partial charge in [-0.3, -0.25) is 4.79 Å². The van der Waals surface area contributed by atoms with Crippen LogP contribution < -0.4 is 10.4 Å². The molecule has 0 aliphatic carbocycles. The molecule has 26 heavy (non-hydrogen) atoms. The second-order valence-corrected chi connectivity index (χ2v) is 7.93. The monoisotopic (exact) mass is 362 g/mol. The van der Waals surface area contributed by atoms with Gasteiger partial charge < -0.3 is 24.1 Å². The van der Waals surface area contributed by atoms with Crippen LogP contribution >= 0.6 is 0 Å². The van der Waals surface area contributed by atoms with Gasteiger partial charge in [-0.15, -0.1) is 0 Å². The highest BCUT2D eigenvalue weighted by Gasteiger charge is 2.52. The summed E-state index contributed by atoms with van der Waals surface area (Å²) in [4.78, 5) is 19.2. The van der Waals surface area contributed by atoms with E-state index in [4.69, 9.17) is 14.0 Å². The molecule has 2 aliphatic rings. The van der Waals surface area contributed by atoms with E-state index >= 15 is 0 Å². The minimum atomic E-state index is -1.14. The third-order valence-electron chi connectivity index (χ3n) is 5.53. The number of fused-ring (bicyclic) bond motifs is 1. The fraction of sp³-hybridized carbons (Fsp3) is 0.667. The molecule has 0 radical (unpaired) electrons. The topological polar surface area (TPSA) is 81.1 Å². The van der Waals surface area contributed by atoms with E-state index in [1.54, 1.807) is 19.2 Å². The molecule has 2 atom stereocenters. The van der Waals surface area contributed by atoms with Gasteiger partial charge in [-0.2, -0.15) is 0 Å². The Morgan fingerprint density at radius 3 is 2.58 bits per heavy atom. The highest BCUT2D eigenvalue weighted by Crippen LogP contribution is 2.37. The third kappa shape index (κ3) is 3.15. The number of rotatable bonds is 4. The highest BCUT2D eigenvalue weighted by molar-refractivity contribution is 6.62. The van der Waals surface area contributed by atoms with Crippen molar-refractivity contribution >= 4 is 24.2 Å². The molecule has 1 saturated heterocycles. The molecule has 1 aromatic rings. The van der Waals surface area contributed by atoms with Crippen molar-refractivity contribution in [1.29, 1.82) is 0 Å². The van der Waals surface area contributed by atoms with Crippen LogP contribution in [-0.2, 0) is 14.0 Å². The number of ketones is 1. The third-order valence-corrected chi connectivity index (χ3v) is 5.53. The number of nitrogens with zero attached hydrogens (tertiary/aromatic N) is 2. The van der Waals surface area contributed by atoms with Crippen LogP contribution in [0.5, 0.6) is 0 Å². The second kappa shape index (κ2) is 6.60. The lowest BCUT2D eigenvalue weighted by molar-refractivity contribution is -0.118. The number of hydrogen-bond acceptors (Lipinski definition) is 7. The number of ether oxygens (including phenoxy) is 1. The van der Waals surface area contributed by atoms with E-state index < -0.39 is 30.5 Å². The summed E-state index contributed by atoms with van der Waals surface area (Å²) < 4.78 is 17.3. The molecular formula is C18H27BN2O5. The van der Waals surface area contributed by atoms with Gasteiger partial charge in [-0.1, -0.05) is 0 Å². The first-order chi connectivity index (χ1) is 12.1. The van der Waals surface area contributed by atoms with Crippen LogP contribution in [0.4, 0.5) is 5.82 Å². The first kappa shape index (κ1) is 19.3. The summed E-state index contributed by atoms with van der Waals surface area (Å²) in [7, 11) is 1.26. The summed E-state index contributed by atoms with van der Waals surface area (Å²) >= 11 is 0. The molecule has 0 bridgehead atoms. The van der Waals surface area contributed by atoms with Gasteiger partial charge >= 0.3 is 7.12 Å². The Kier molecular flexibility index (Phi) is 4.90. The van der Waals surface area contributed by atoms with Gasteiger partial charge in [-0.05, 0) is 40.7 Å². The Balaban J connectivity index is 1.92. The molecule has 0 amide bonds. The maximum Gasteiger partial charge on any atom is 0.496 e. The number of pyridine rings is 1. The van der Waals surface area contributed by atoms with Crippen molar-refractivity contribution in [2.45, 2.75) is 52.1 Å². The minimum absolute atomic E-state index is 0.176. The molecule has 3 rings (SSSR count). The minimum Gasteiger partial charge on any atom is -0.399 e. The summed E-state index contributed by atoms with van der Waals surface area (Å²) in [5.74, 6) is -0.233. The number of carbonyl (C=O) groups excluding carboxylic acids is 1. The highest BCUT2D eigenvalue weighted by atomic mass is 16.7. The quantitative estimate of drug-likeness (QED) is 0.632. The van der Waals surface area contributed by atoms with Gasteiger partial charge in [0.1, 0.15) is 5.82 Å². The van der Waals surface area contributed by atoms with Gasteiger partial charge in [0.05, 0.1) is 22.7 Å². The van der Waals surface area contributed by atoms with Crippen molar-refractivity contribution in [3.63, 3.8) is 0 Å². The Morgan fingerprint density at radius 1 is 1.38 bits per heavy atom. The average molecular weight is 362 g/mol. The molecule has 0 spiro atoms. The number of Topliss-reactive ketones (excluding diaryl/α,β-unsaturated/α-hetero) is 1. The number of anilines is 1. The maximum atomic E-state index is 12.9. The number of carbonyl (C=O) groups is 1. The lowest BCUT2D eigenvalue weighted by Gasteiger charge is -2.33. The molecule has 0 saturated carbocycles. The van der Waals surface area contributed by atoms with Gasteiger partial charge in [0.2, 0.25) is 0 Å². The second-order valence-electron chi connectivity index (χ2n) is 7.93. The standard InChI is InChI=1S/C18H27BN2O5/c1-7-24-16(23)13-10-21(6)15-12(14(13)22)8-11(9-20-15)19-25-17(2,3)18(4,5)26-19/h8-9,13,16,23H,7,10H2,1-6H3. The van der Waals surface area contributed by atoms with Crippen LogP contribution in [0.3, 0.4) is 0 Å². The lowest BCUT2D eigenvalue weighted by Crippen LogP contribution is -2.45. The normalized spacial score (nSPS) is 25.3. The summed E-state index contributed by atoms with van der Waals surface area (Å²) in [6, 6.07) is 1.76. The summed E-state index contributed by atoms with van der Waals surface area (Å²) in [5, 5.41) is 10.2. The van der Waals surface area contributed by atoms with E-state index in [1.165, 1.54) is 0 Å². The molecule has 2 unspecified atom stereocenters. The number of aromatic nitrogens is 1. The van der Waals surface area contributed by atoms with Crippen molar-refractivity contribution in [3.05, 3.63) is 17.8 Å². The van der Waals surface area contributed by atoms with E-state index in [0.717, 1.165) is 0 Å². The summed E-state index contributed by atoms with van der Waals surface area (Å²) in [6.45, 7) is 10.4. The van der Waals surface area contributed by atoms with E-state index in [1.807, 2.05) is 39.6 Å². The van der Waals surface area contributed by atoms with Gasteiger partial charge in [-0.25, -0.2) is 4.98 Å². The molecule has 2 aliphatic heterocycles. The molecule has 1 fully saturated rings. The Morgan fingerprint density at radius 2 is 2.00 bits per heavy atom. The van der Waals surface area contributed by atoms with Gasteiger partial charge in [0.25, 0.3) is 0 Å². The molecule has 7 nitrogen and oxygen atoms in total. The zero-order valence-electron chi connectivity index (χ0n) is 16.3. The van der Waals surface area contributed by atoms with Crippen LogP contribution in [0.2, 0.25) is 0 Å². The van der Waals surface area contributed by atoms with E-state index in [2.05, 4.69) is 4.98 Å². The summed E-state index contributed by atoms with van der Waals surface area (Å²) in [6.07, 6.45) is 0.549. The number of aliphatic hydroxyl groups excluding tert-OH is 1. The zero-order valence-corrected chi connectivity index (χ0v) is 16.3. The SMILES string of the molecule is CCOC(O)C1CN(C)c2ncc(B3OC(C)(C)C(C)(C)O3)cc2C1=O. The van der Waals surface area contributed by atoms with Crippen molar-refractivity contribution in [2.75, 3.05) is 25.1 Å². The van der Waals surface area contributed by atoms with Crippen LogP contribution in [0.1, 0.15) is 45.0 Å². The van der Waals surface area contributed by atoms with Crippen molar-refractivity contribution in [1.82, 2.24) is 4.98 Å². The van der Waals surface area contributed by atoms with Crippen LogP contribution in [0.25, 0.3) is 0 Å². The molecule has 3 heterocycles. The number of aliphatic hydroxyl groups is 1. The first-order valence-corrected chi connectivity index (χ1v) is 8.98. The van der Waals surface area contributed by atoms with E-state index in [-0.39, 0.29) is 5.78 Å². The fourth-order valence-electron chi connectivity index (χ4n) is 3.24. The largest absolute Gasteiger partial charge is 0.496 e. The smallest absolute Gasteiger partial charge is 0.399 e. The predicted molar refractivity (Wildman–Crippen MR) is 98.7 cm³/mol. The van der Waals surface area contributed by atoms with Gasteiger partial charge in [0.15, 0.2) is 12.1 Å². The summed E-state index contributed by atoms with van der Waals surface area (Å²) in [5.41, 5.74) is 0.204. The van der Waals surface area contributed by atoms with Crippen molar-refractivity contribution < 1.29 is 23.9 Å². The van der Waals surface area contributed by atoms with Crippen LogP contribution in [0.15, 0.2) is 12.3 Å². The molecule has 142 valence electrons. The van der Waals surface area contributed by atoms with Crippen LogP contribution in [-0.4, -0.2) is 60.7 Å². The fourth-order valence-corrected chi connectivity index (χ4v) is 3.24. The average Bonchev–Trinajstić information content (AvgIpc) is 2.78. The Bertz CT molecular complexity index is 693. The Hall–Kier alpha value is -1.48. The number of hydrogen-bond donors (Lipinski definition) is 1. The first-order valence-electron chi connectivity index (χ1n) is 8.98.